The van der Waals surface area contributed by atoms with Crippen molar-refractivity contribution in [2.45, 2.75) is 51.4 Å². The zero-order chi connectivity index (χ0) is 25.8. The predicted octanol–water partition coefficient (Wildman–Crippen LogP) is 2.03. The Kier molecular flexibility index (Phi) is 7.68. The molecule has 0 aliphatic carbocycles. The number of benzene rings is 2. The van der Waals surface area contributed by atoms with Crippen molar-refractivity contribution in [1.82, 2.24) is 25.0 Å². The number of fused-ring (bicyclic) bond motifs is 1. The van der Waals surface area contributed by atoms with Crippen LogP contribution in [0.5, 0.6) is 0 Å². The van der Waals surface area contributed by atoms with Gasteiger partial charge < -0.3 is 20.5 Å². The molecule has 190 valence electrons. The molecule has 1 aliphatic rings. The number of carbonyl (C=O) groups is 2. The van der Waals surface area contributed by atoms with Crippen LogP contribution in [0.3, 0.4) is 0 Å². The van der Waals surface area contributed by atoms with Gasteiger partial charge >= 0.3 is 0 Å². The summed E-state index contributed by atoms with van der Waals surface area (Å²) in [5, 5.41) is 10.8. The number of hydrogen-bond acceptors (Lipinski definition) is 5. The zero-order valence-electron chi connectivity index (χ0n) is 19.8. The fourth-order valence-electron chi connectivity index (χ4n) is 4.28. The monoisotopic (exact) mass is 500 g/mol. The first-order chi connectivity index (χ1) is 17.2. The Morgan fingerprint density at radius 3 is 2.50 bits per heavy atom. The van der Waals surface area contributed by atoms with Crippen LogP contribution in [-0.4, -0.2) is 50.1 Å². The lowest BCUT2D eigenvalue weighted by Gasteiger charge is -2.29. The van der Waals surface area contributed by atoms with Crippen LogP contribution in [-0.2, 0) is 35.5 Å². The topological polar surface area (TPSA) is 106 Å². The molecule has 36 heavy (non-hydrogen) atoms. The molecule has 2 atom stereocenters. The van der Waals surface area contributed by atoms with E-state index in [0.29, 0.717) is 25.0 Å². The molecule has 3 aromatic rings. The van der Waals surface area contributed by atoms with E-state index in [1.165, 1.54) is 0 Å². The van der Waals surface area contributed by atoms with Crippen molar-refractivity contribution >= 4 is 11.8 Å². The Hall–Kier alpha value is -3.73. The number of rotatable bonds is 8. The van der Waals surface area contributed by atoms with Gasteiger partial charge in [-0.1, -0.05) is 30.3 Å². The minimum absolute atomic E-state index is 0.155. The van der Waals surface area contributed by atoms with Gasteiger partial charge in [0.05, 0.1) is 12.6 Å². The normalized spacial score (nSPS) is 14.8. The first-order valence-electron chi connectivity index (χ1n) is 11.6. The predicted molar refractivity (Wildman–Crippen MR) is 125 cm³/mol. The van der Waals surface area contributed by atoms with Gasteiger partial charge in [0.2, 0.25) is 11.8 Å². The van der Waals surface area contributed by atoms with Gasteiger partial charge in [-0.3, -0.25) is 9.59 Å². The van der Waals surface area contributed by atoms with E-state index in [1.807, 2.05) is 41.8 Å². The van der Waals surface area contributed by atoms with Crippen molar-refractivity contribution in [3.63, 3.8) is 0 Å². The van der Waals surface area contributed by atoms with E-state index < -0.39 is 35.4 Å². The van der Waals surface area contributed by atoms with E-state index in [2.05, 4.69) is 15.5 Å². The van der Waals surface area contributed by atoms with E-state index in [9.17, 15) is 22.8 Å². The van der Waals surface area contributed by atoms with Crippen LogP contribution < -0.4 is 11.1 Å². The Morgan fingerprint density at radius 1 is 1.03 bits per heavy atom. The van der Waals surface area contributed by atoms with Gasteiger partial charge in [0.25, 0.3) is 0 Å². The molecular formula is C25H27F3N6O2. The molecule has 1 unspecified atom stereocenters. The molecule has 2 amide bonds. The van der Waals surface area contributed by atoms with Gasteiger partial charge in [-0.2, -0.15) is 0 Å². The molecule has 2 heterocycles. The Balaban J connectivity index is 1.48. The van der Waals surface area contributed by atoms with Crippen molar-refractivity contribution in [2.75, 3.05) is 6.54 Å². The second-order valence-electron chi connectivity index (χ2n) is 8.90. The molecule has 3 N–H and O–H groups in total. The smallest absolute Gasteiger partial charge is 0.237 e. The van der Waals surface area contributed by atoms with Crippen LogP contribution in [0.1, 0.15) is 29.2 Å². The molecule has 1 aromatic heterocycles. The second-order valence-corrected chi connectivity index (χ2v) is 8.90. The van der Waals surface area contributed by atoms with Crippen molar-refractivity contribution in [2.24, 2.45) is 5.73 Å². The fraction of sp³-hybridized carbons (Fsp3) is 0.360. The summed E-state index contributed by atoms with van der Waals surface area (Å²) in [6, 6.07) is 8.55. The minimum Gasteiger partial charge on any atom is -0.351 e. The van der Waals surface area contributed by atoms with E-state index in [1.54, 1.807) is 4.90 Å². The number of aryl methyl sites for hydroxylation is 1. The van der Waals surface area contributed by atoms with E-state index in [0.717, 1.165) is 17.5 Å². The molecule has 1 aliphatic heterocycles. The minimum atomic E-state index is -1.31. The summed E-state index contributed by atoms with van der Waals surface area (Å²) >= 11 is 0. The van der Waals surface area contributed by atoms with E-state index in [4.69, 9.17) is 5.73 Å². The summed E-state index contributed by atoms with van der Waals surface area (Å²) in [6.45, 7) is 3.01. The van der Waals surface area contributed by atoms with Crippen LogP contribution >= 0.6 is 0 Å². The van der Waals surface area contributed by atoms with Crippen LogP contribution in [0.25, 0.3) is 0 Å². The molecule has 0 radical (unpaired) electrons. The van der Waals surface area contributed by atoms with Crippen molar-refractivity contribution < 1.29 is 22.8 Å². The number of nitrogens with one attached hydrogen (secondary N) is 1. The number of nitrogens with two attached hydrogens (primary N) is 1. The van der Waals surface area contributed by atoms with E-state index >= 15 is 0 Å². The summed E-state index contributed by atoms with van der Waals surface area (Å²) in [6.07, 6.45) is -0.148. The highest BCUT2D eigenvalue weighted by atomic mass is 19.2. The summed E-state index contributed by atoms with van der Waals surface area (Å²) < 4.78 is 43.5. The first-order valence-corrected chi connectivity index (χ1v) is 11.6. The highest BCUT2D eigenvalue weighted by Crippen LogP contribution is 2.19. The molecule has 0 saturated heterocycles. The van der Waals surface area contributed by atoms with E-state index in [-0.39, 0.29) is 37.3 Å². The van der Waals surface area contributed by atoms with Gasteiger partial charge in [-0.05, 0) is 37.0 Å². The van der Waals surface area contributed by atoms with Gasteiger partial charge in [0, 0.05) is 31.6 Å². The quantitative estimate of drug-likeness (QED) is 0.461. The standard InChI is InChI=1S/C25H27F3N6O2/c1-15-31-32-23-14-33(7-8-34(15)23)24(35)12-18(10-17-11-20(27)21(28)13-19(17)26)30-25(36)22(29)9-16-5-3-2-4-6-16/h2-6,11,13,18,22H,7-10,12,14,29H2,1H3,(H,30,36)/t18-,22?/m1/s1. The Bertz CT molecular complexity index is 1250. The number of amides is 2. The average Bonchev–Trinajstić information content (AvgIpc) is 3.23. The lowest BCUT2D eigenvalue weighted by atomic mass is 10.00. The molecule has 4 rings (SSSR count). The van der Waals surface area contributed by atoms with Crippen LogP contribution in [0, 0.1) is 24.4 Å². The molecule has 0 saturated carbocycles. The lowest BCUT2D eigenvalue weighted by molar-refractivity contribution is -0.133. The van der Waals surface area contributed by atoms with Gasteiger partial charge in [-0.15, -0.1) is 10.2 Å². The SMILES string of the molecule is Cc1nnc2n1CCN(C(=O)C[C@@H](Cc1cc(F)c(F)cc1F)NC(=O)C(N)Cc1ccccc1)C2. The maximum atomic E-state index is 14.4. The molecule has 0 spiro atoms. The number of carbonyl (C=O) groups excluding carboxylic acids is 2. The number of aromatic nitrogens is 3. The molecule has 11 heteroatoms. The maximum Gasteiger partial charge on any atom is 0.237 e. The van der Waals surface area contributed by atoms with Crippen molar-refractivity contribution in [3.05, 3.63) is 82.7 Å². The Morgan fingerprint density at radius 2 is 1.75 bits per heavy atom. The number of hydrogen-bond donors (Lipinski definition) is 2. The fourth-order valence-corrected chi connectivity index (χ4v) is 4.28. The highest BCUT2D eigenvalue weighted by Gasteiger charge is 2.28. The largest absolute Gasteiger partial charge is 0.351 e. The Labute approximate surface area is 206 Å². The number of halogens is 3. The lowest BCUT2D eigenvalue weighted by Crippen LogP contribution is -2.49. The summed E-state index contributed by atoms with van der Waals surface area (Å²) in [5.74, 6) is -2.93. The second kappa shape index (κ2) is 10.9. The first kappa shape index (κ1) is 25.4. The van der Waals surface area contributed by atoms with Crippen LogP contribution in [0.4, 0.5) is 13.2 Å². The average molecular weight is 501 g/mol. The summed E-state index contributed by atoms with van der Waals surface area (Å²) in [4.78, 5) is 27.6. The third-order valence-corrected chi connectivity index (χ3v) is 6.25. The number of nitrogens with zero attached hydrogens (tertiary/aromatic N) is 4. The molecule has 8 nitrogen and oxygen atoms in total. The van der Waals surface area contributed by atoms with Crippen molar-refractivity contribution in [1.29, 1.82) is 0 Å². The third kappa shape index (κ3) is 5.91. The van der Waals surface area contributed by atoms with Crippen LogP contribution in [0.2, 0.25) is 0 Å². The molecule has 2 aromatic carbocycles. The molecule has 0 bridgehead atoms. The van der Waals surface area contributed by atoms with Gasteiger partial charge in [0.1, 0.15) is 11.6 Å². The van der Waals surface area contributed by atoms with Crippen LogP contribution in [0.15, 0.2) is 42.5 Å². The third-order valence-electron chi connectivity index (χ3n) is 6.25. The summed E-state index contributed by atoms with van der Waals surface area (Å²) in [7, 11) is 0. The van der Waals surface area contributed by atoms with Gasteiger partial charge in [-0.25, -0.2) is 13.2 Å². The maximum absolute atomic E-state index is 14.4. The molecular weight excluding hydrogens is 473 g/mol. The summed E-state index contributed by atoms with van der Waals surface area (Å²) in [5.41, 5.74) is 6.78. The zero-order valence-corrected chi connectivity index (χ0v) is 19.8. The highest BCUT2D eigenvalue weighted by molar-refractivity contribution is 5.83. The molecule has 0 fully saturated rings. The van der Waals surface area contributed by atoms with Gasteiger partial charge in [0.15, 0.2) is 17.5 Å². The van der Waals surface area contributed by atoms with Crippen molar-refractivity contribution in [3.8, 4) is 0 Å².